The van der Waals surface area contributed by atoms with Crippen molar-refractivity contribution in [3.05, 3.63) is 29.2 Å². The molecule has 2 heterocycles. The second-order valence-electron chi connectivity index (χ2n) is 4.49. The first kappa shape index (κ1) is 11.6. The summed E-state index contributed by atoms with van der Waals surface area (Å²) in [6.45, 7) is 0. The summed E-state index contributed by atoms with van der Waals surface area (Å²) in [5.74, 6) is 1.18. The van der Waals surface area contributed by atoms with Gasteiger partial charge in [-0.05, 0) is 25.0 Å². The maximum Gasteiger partial charge on any atom is 0.231 e. The summed E-state index contributed by atoms with van der Waals surface area (Å²) in [6, 6.07) is 3.62. The van der Waals surface area contributed by atoms with Crippen LogP contribution in [0, 0.1) is 0 Å². The normalized spacial score (nSPS) is 23.4. The zero-order valence-electron chi connectivity index (χ0n) is 9.71. The number of pyridine rings is 1. The maximum absolute atomic E-state index is 6.05. The first-order valence-electron chi connectivity index (χ1n) is 5.96. The molecule has 1 saturated carbocycles. The molecule has 94 valence electrons. The smallest absolute Gasteiger partial charge is 0.231 e. The van der Waals surface area contributed by atoms with E-state index in [9.17, 15) is 0 Å². The fourth-order valence-electron chi connectivity index (χ4n) is 2.33. The summed E-state index contributed by atoms with van der Waals surface area (Å²) in [5.41, 5.74) is 6.56. The fourth-order valence-corrected chi connectivity index (χ4v) is 2.53. The Hall–Kier alpha value is -1.46. The monoisotopic (exact) mass is 264 g/mol. The summed E-state index contributed by atoms with van der Waals surface area (Å²) < 4.78 is 5.29. The van der Waals surface area contributed by atoms with Gasteiger partial charge >= 0.3 is 0 Å². The lowest BCUT2D eigenvalue weighted by atomic mass is 10.1. The second-order valence-corrected chi connectivity index (χ2v) is 4.90. The molecule has 1 aliphatic rings. The van der Waals surface area contributed by atoms with Crippen molar-refractivity contribution in [3.63, 3.8) is 0 Å². The van der Waals surface area contributed by atoms with Crippen molar-refractivity contribution in [2.24, 2.45) is 5.73 Å². The quantitative estimate of drug-likeness (QED) is 0.901. The van der Waals surface area contributed by atoms with Gasteiger partial charge in [-0.2, -0.15) is 4.98 Å². The Morgan fingerprint density at radius 1 is 1.39 bits per heavy atom. The summed E-state index contributed by atoms with van der Waals surface area (Å²) in [4.78, 5) is 8.53. The minimum Gasteiger partial charge on any atom is -0.339 e. The third-order valence-electron chi connectivity index (χ3n) is 3.30. The number of aromatic nitrogens is 3. The van der Waals surface area contributed by atoms with E-state index in [1.165, 1.54) is 0 Å². The van der Waals surface area contributed by atoms with Gasteiger partial charge in [0.05, 0.1) is 10.9 Å². The van der Waals surface area contributed by atoms with Crippen molar-refractivity contribution in [2.45, 2.75) is 31.2 Å². The zero-order valence-corrected chi connectivity index (χ0v) is 10.5. The third-order valence-corrected chi connectivity index (χ3v) is 3.60. The second kappa shape index (κ2) is 4.66. The van der Waals surface area contributed by atoms with Gasteiger partial charge in [0.1, 0.15) is 5.69 Å². The first-order chi connectivity index (χ1) is 8.75. The van der Waals surface area contributed by atoms with E-state index in [0.717, 1.165) is 19.3 Å². The van der Waals surface area contributed by atoms with E-state index < -0.39 is 0 Å². The van der Waals surface area contributed by atoms with Crippen molar-refractivity contribution in [3.8, 4) is 11.5 Å². The van der Waals surface area contributed by atoms with Gasteiger partial charge in [-0.25, -0.2) is 0 Å². The molecule has 0 aliphatic heterocycles. The molecular weight excluding hydrogens is 252 g/mol. The number of nitrogens with two attached hydrogens (primary N) is 1. The van der Waals surface area contributed by atoms with Crippen LogP contribution in [0.4, 0.5) is 0 Å². The lowest BCUT2D eigenvalue weighted by Gasteiger charge is -2.08. The van der Waals surface area contributed by atoms with Crippen LogP contribution in [0.2, 0.25) is 5.02 Å². The molecule has 0 bridgehead atoms. The topological polar surface area (TPSA) is 77.8 Å². The van der Waals surface area contributed by atoms with Crippen LogP contribution in [0.5, 0.6) is 0 Å². The maximum atomic E-state index is 6.05. The van der Waals surface area contributed by atoms with Gasteiger partial charge < -0.3 is 10.3 Å². The number of hydrogen-bond donors (Lipinski definition) is 1. The molecule has 0 amide bonds. The highest BCUT2D eigenvalue weighted by atomic mass is 35.5. The van der Waals surface area contributed by atoms with E-state index in [4.69, 9.17) is 21.9 Å². The molecule has 0 saturated heterocycles. The number of nitrogens with zero attached hydrogens (tertiary/aromatic N) is 3. The average Bonchev–Trinajstić information content (AvgIpc) is 2.98. The molecule has 2 atom stereocenters. The summed E-state index contributed by atoms with van der Waals surface area (Å²) in [7, 11) is 0. The van der Waals surface area contributed by atoms with E-state index in [1.54, 1.807) is 18.3 Å². The third kappa shape index (κ3) is 2.00. The van der Waals surface area contributed by atoms with E-state index in [2.05, 4.69) is 15.1 Å². The highest BCUT2D eigenvalue weighted by Crippen LogP contribution is 2.33. The lowest BCUT2D eigenvalue weighted by Crippen LogP contribution is -2.22. The molecular formula is C12H13ClN4O. The molecule has 0 spiro atoms. The largest absolute Gasteiger partial charge is 0.339 e. The van der Waals surface area contributed by atoms with Gasteiger partial charge in [0, 0.05) is 12.2 Å². The van der Waals surface area contributed by atoms with E-state index in [0.29, 0.717) is 22.4 Å². The van der Waals surface area contributed by atoms with Gasteiger partial charge in [0.25, 0.3) is 0 Å². The van der Waals surface area contributed by atoms with Crippen LogP contribution >= 0.6 is 11.6 Å². The molecule has 6 heteroatoms. The molecule has 2 aromatic rings. The fraction of sp³-hybridized carbons (Fsp3) is 0.417. The molecule has 3 rings (SSSR count). The Morgan fingerprint density at radius 3 is 3.00 bits per heavy atom. The molecule has 1 aliphatic carbocycles. The van der Waals surface area contributed by atoms with Crippen molar-refractivity contribution >= 4 is 11.6 Å². The Morgan fingerprint density at radius 2 is 2.28 bits per heavy atom. The van der Waals surface area contributed by atoms with Gasteiger partial charge in [-0.3, -0.25) is 4.98 Å². The van der Waals surface area contributed by atoms with Gasteiger partial charge in [-0.1, -0.05) is 23.2 Å². The molecule has 2 unspecified atom stereocenters. The number of hydrogen-bond acceptors (Lipinski definition) is 5. The van der Waals surface area contributed by atoms with Crippen molar-refractivity contribution in [1.29, 1.82) is 0 Å². The van der Waals surface area contributed by atoms with Crippen molar-refractivity contribution in [2.75, 3.05) is 0 Å². The van der Waals surface area contributed by atoms with E-state index in [1.807, 2.05) is 0 Å². The first-order valence-corrected chi connectivity index (χ1v) is 6.33. The van der Waals surface area contributed by atoms with E-state index in [-0.39, 0.29) is 12.0 Å². The van der Waals surface area contributed by atoms with Crippen LogP contribution in [0.3, 0.4) is 0 Å². The predicted molar refractivity (Wildman–Crippen MR) is 67.1 cm³/mol. The van der Waals surface area contributed by atoms with Crippen LogP contribution in [0.15, 0.2) is 22.9 Å². The Bertz CT molecular complexity index is 557. The SMILES string of the molecule is NC1CCCC1c1nc(-c2ncccc2Cl)no1. The Kier molecular flexibility index (Phi) is 3.01. The van der Waals surface area contributed by atoms with Crippen LogP contribution in [0.1, 0.15) is 31.1 Å². The van der Waals surface area contributed by atoms with Gasteiger partial charge in [0.2, 0.25) is 11.7 Å². The summed E-state index contributed by atoms with van der Waals surface area (Å²) in [6.07, 6.45) is 4.76. The highest BCUT2D eigenvalue weighted by molar-refractivity contribution is 6.32. The molecule has 2 N–H and O–H groups in total. The minimum atomic E-state index is 0.109. The molecule has 0 aromatic carbocycles. The zero-order chi connectivity index (χ0) is 12.5. The van der Waals surface area contributed by atoms with E-state index >= 15 is 0 Å². The Labute approximate surface area is 109 Å². The summed E-state index contributed by atoms with van der Waals surface area (Å²) in [5, 5.41) is 4.45. The van der Waals surface area contributed by atoms with Gasteiger partial charge in [-0.15, -0.1) is 0 Å². The standard InChI is InChI=1S/C12H13ClN4O/c13-8-4-2-6-15-10(8)11-16-12(18-17-11)7-3-1-5-9(7)14/h2,4,6-7,9H,1,3,5,14H2. The van der Waals surface area contributed by atoms with Crippen LogP contribution in [0.25, 0.3) is 11.5 Å². The summed E-state index contributed by atoms with van der Waals surface area (Å²) >= 11 is 6.05. The average molecular weight is 265 g/mol. The highest BCUT2D eigenvalue weighted by Gasteiger charge is 2.30. The molecule has 0 radical (unpaired) electrons. The molecule has 5 nitrogen and oxygen atoms in total. The number of rotatable bonds is 2. The molecule has 18 heavy (non-hydrogen) atoms. The van der Waals surface area contributed by atoms with Crippen molar-refractivity contribution < 1.29 is 4.52 Å². The lowest BCUT2D eigenvalue weighted by molar-refractivity contribution is 0.345. The minimum absolute atomic E-state index is 0.109. The molecule has 1 fully saturated rings. The van der Waals surface area contributed by atoms with Gasteiger partial charge in [0.15, 0.2) is 0 Å². The predicted octanol–water partition coefficient (Wildman–Crippen LogP) is 2.38. The van der Waals surface area contributed by atoms with Crippen LogP contribution in [-0.4, -0.2) is 21.2 Å². The van der Waals surface area contributed by atoms with Crippen LogP contribution < -0.4 is 5.73 Å². The van der Waals surface area contributed by atoms with Crippen molar-refractivity contribution in [1.82, 2.24) is 15.1 Å². The number of halogens is 1. The molecule has 2 aromatic heterocycles. The Balaban J connectivity index is 1.92. The van der Waals surface area contributed by atoms with Crippen LogP contribution in [-0.2, 0) is 0 Å².